The minimum atomic E-state index is 0.258. The molecule has 0 aromatic heterocycles. The Balaban J connectivity index is 1.94. The van der Waals surface area contributed by atoms with Crippen molar-refractivity contribution in [2.24, 2.45) is 5.92 Å². The highest BCUT2D eigenvalue weighted by atomic mass is 16.5. The van der Waals surface area contributed by atoms with E-state index in [1.54, 1.807) is 12.1 Å². The molecule has 2 N–H and O–H groups in total. The van der Waals surface area contributed by atoms with Gasteiger partial charge >= 0.3 is 0 Å². The number of rotatable bonds is 1. The number of phenols is 2. The summed E-state index contributed by atoms with van der Waals surface area (Å²) in [5.74, 6) is 2.90. The minimum Gasteiger partial charge on any atom is -0.508 e. The van der Waals surface area contributed by atoms with Crippen LogP contribution in [0.3, 0.4) is 0 Å². The minimum absolute atomic E-state index is 0.258. The topological polar surface area (TPSA) is 49.7 Å². The van der Waals surface area contributed by atoms with Gasteiger partial charge in [0.25, 0.3) is 0 Å². The van der Waals surface area contributed by atoms with Crippen molar-refractivity contribution in [3.05, 3.63) is 46.5 Å². The molecule has 3 heteroatoms. The molecular weight excluding hydrogens is 288 g/mol. The first-order valence-electron chi connectivity index (χ1n) is 8.40. The number of aryl methyl sites for hydroxylation is 1. The second-order valence-corrected chi connectivity index (χ2v) is 6.93. The lowest BCUT2D eigenvalue weighted by atomic mass is 9.77. The fourth-order valence-electron chi connectivity index (χ4n) is 4.19. The fraction of sp³-hybridized carbons (Fsp3) is 0.400. The van der Waals surface area contributed by atoms with Crippen LogP contribution in [0.4, 0.5) is 0 Å². The molecule has 4 rings (SSSR count). The second kappa shape index (κ2) is 5.19. The van der Waals surface area contributed by atoms with Crippen LogP contribution in [-0.4, -0.2) is 10.2 Å². The predicted molar refractivity (Wildman–Crippen MR) is 89.6 cm³/mol. The van der Waals surface area contributed by atoms with Gasteiger partial charge in [-0.15, -0.1) is 0 Å². The van der Waals surface area contributed by atoms with Crippen LogP contribution in [0.25, 0.3) is 0 Å². The summed E-state index contributed by atoms with van der Waals surface area (Å²) >= 11 is 0. The fourth-order valence-corrected chi connectivity index (χ4v) is 4.19. The lowest BCUT2D eigenvalue weighted by molar-refractivity contribution is 0.385. The molecule has 1 aliphatic carbocycles. The standard InChI is InChI=1S/C20H22O3/c1-11-9-15-18(10-17(11)22)23-20-12(2)16(21)8-7-14(20)19(15)13-5-3-4-6-13/h7-10,13,19,21-22H,3-6H2,1-2H3. The highest BCUT2D eigenvalue weighted by molar-refractivity contribution is 5.61. The third kappa shape index (κ3) is 2.18. The first-order chi connectivity index (χ1) is 11.1. The van der Waals surface area contributed by atoms with Crippen LogP contribution in [-0.2, 0) is 0 Å². The van der Waals surface area contributed by atoms with Crippen molar-refractivity contribution >= 4 is 0 Å². The molecule has 1 atom stereocenters. The van der Waals surface area contributed by atoms with E-state index in [1.807, 2.05) is 19.9 Å². The third-order valence-corrected chi connectivity index (χ3v) is 5.49. The molecule has 2 aliphatic rings. The Bertz CT molecular complexity index is 771. The van der Waals surface area contributed by atoms with Crippen molar-refractivity contribution in [3.8, 4) is 23.0 Å². The van der Waals surface area contributed by atoms with Crippen LogP contribution in [0.5, 0.6) is 23.0 Å². The maximum atomic E-state index is 10.1. The molecular formula is C20H22O3. The van der Waals surface area contributed by atoms with Gasteiger partial charge in [-0.3, -0.25) is 0 Å². The second-order valence-electron chi connectivity index (χ2n) is 6.93. The van der Waals surface area contributed by atoms with Gasteiger partial charge in [0.1, 0.15) is 23.0 Å². The quantitative estimate of drug-likeness (QED) is 0.766. The highest BCUT2D eigenvalue weighted by Gasteiger charge is 2.36. The van der Waals surface area contributed by atoms with Gasteiger partial charge in [0.05, 0.1) is 0 Å². The van der Waals surface area contributed by atoms with Gasteiger partial charge in [0.15, 0.2) is 0 Å². The van der Waals surface area contributed by atoms with E-state index in [0.717, 1.165) is 22.6 Å². The molecule has 23 heavy (non-hydrogen) atoms. The molecule has 3 nitrogen and oxygen atoms in total. The summed E-state index contributed by atoms with van der Waals surface area (Å²) in [6.45, 7) is 3.82. The van der Waals surface area contributed by atoms with Gasteiger partial charge < -0.3 is 14.9 Å². The molecule has 0 radical (unpaired) electrons. The van der Waals surface area contributed by atoms with Crippen molar-refractivity contribution in [2.45, 2.75) is 45.4 Å². The lowest BCUT2D eigenvalue weighted by Gasteiger charge is -2.33. The Morgan fingerprint density at radius 2 is 1.70 bits per heavy atom. The molecule has 0 saturated heterocycles. The van der Waals surface area contributed by atoms with Crippen molar-refractivity contribution in [3.63, 3.8) is 0 Å². The Kier molecular flexibility index (Phi) is 3.26. The van der Waals surface area contributed by atoms with Gasteiger partial charge in [-0.1, -0.05) is 18.9 Å². The van der Waals surface area contributed by atoms with Gasteiger partial charge in [0, 0.05) is 28.7 Å². The lowest BCUT2D eigenvalue weighted by Crippen LogP contribution is -2.18. The Morgan fingerprint density at radius 1 is 0.957 bits per heavy atom. The van der Waals surface area contributed by atoms with Crippen LogP contribution in [0.1, 0.15) is 53.9 Å². The van der Waals surface area contributed by atoms with Crippen LogP contribution in [0.2, 0.25) is 0 Å². The summed E-state index contributed by atoms with van der Waals surface area (Å²) in [5.41, 5.74) is 4.00. The molecule has 2 aromatic carbocycles. The molecule has 0 spiro atoms. The largest absolute Gasteiger partial charge is 0.508 e. The normalized spacial score (nSPS) is 20.0. The van der Waals surface area contributed by atoms with E-state index in [4.69, 9.17) is 4.74 Å². The van der Waals surface area contributed by atoms with Gasteiger partial charge in [-0.05, 0) is 50.3 Å². The summed E-state index contributed by atoms with van der Waals surface area (Å²) in [6.07, 6.45) is 5.01. The molecule has 1 aliphatic heterocycles. The zero-order valence-corrected chi connectivity index (χ0v) is 13.6. The molecule has 2 aromatic rings. The van der Waals surface area contributed by atoms with Crippen LogP contribution in [0.15, 0.2) is 24.3 Å². The van der Waals surface area contributed by atoms with Crippen LogP contribution >= 0.6 is 0 Å². The van der Waals surface area contributed by atoms with Crippen LogP contribution < -0.4 is 4.74 Å². The predicted octanol–water partition coefficient (Wildman–Crippen LogP) is 5.14. The molecule has 1 saturated carbocycles. The van der Waals surface area contributed by atoms with Gasteiger partial charge in [-0.25, -0.2) is 0 Å². The number of benzene rings is 2. The zero-order chi connectivity index (χ0) is 16.1. The number of aromatic hydroxyl groups is 2. The zero-order valence-electron chi connectivity index (χ0n) is 13.6. The number of ether oxygens (including phenoxy) is 1. The molecule has 1 fully saturated rings. The SMILES string of the molecule is Cc1cc2c(cc1O)Oc1c(ccc(O)c1C)C2C1CCCC1. The van der Waals surface area contributed by atoms with Gasteiger partial charge in [0.2, 0.25) is 0 Å². The van der Waals surface area contributed by atoms with E-state index in [9.17, 15) is 10.2 Å². The first-order valence-corrected chi connectivity index (χ1v) is 8.40. The first kappa shape index (κ1) is 14.4. The smallest absolute Gasteiger partial charge is 0.137 e. The maximum Gasteiger partial charge on any atom is 0.137 e. The van der Waals surface area contributed by atoms with E-state index in [1.165, 1.54) is 36.8 Å². The van der Waals surface area contributed by atoms with E-state index >= 15 is 0 Å². The Morgan fingerprint density at radius 3 is 2.43 bits per heavy atom. The van der Waals surface area contributed by atoms with E-state index in [0.29, 0.717) is 5.92 Å². The Hall–Kier alpha value is -2.16. The average molecular weight is 310 g/mol. The van der Waals surface area contributed by atoms with Crippen LogP contribution in [0, 0.1) is 19.8 Å². The Labute approximate surface area is 136 Å². The van der Waals surface area contributed by atoms with Crippen molar-refractivity contribution < 1.29 is 14.9 Å². The monoisotopic (exact) mass is 310 g/mol. The van der Waals surface area contributed by atoms with Gasteiger partial charge in [-0.2, -0.15) is 0 Å². The summed E-state index contributed by atoms with van der Waals surface area (Å²) in [6, 6.07) is 7.57. The average Bonchev–Trinajstić information content (AvgIpc) is 3.05. The third-order valence-electron chi connectivity index (χ3n) is 5.49. The molecule has 1 heterocycles. The molecule has 1 unspecified atom stereocenters. The van der Waals surface area contributed by atoms with Crippen molar-refractivity contribution in [2.75, 3.05) is 0 Å². The van der Waals surface area contributed by atoms with Crippen molar-refractivity contribution in [1.82, 2.24) is 0 Å². The van der Waals surface area contributed by atoms with E-state index < -0.39 is 0 Å². The number of phenolic OH excluding ortho intramolecular Hbond substituents is 2. The summed E-state index contributed by atoms with van der Waals surface area (Å²) < 4.78 is 6.09. The number of hydrogen-bond donors (Lipinski definition) is 2. The van der Waals surface area contributed by atoms with E-state index in [2.05, 4.69) is 6.07 Å². The summed E-state index contributed by atoms with van der Waals surface area (Å²) in [5, 5.41) is 20.1. The number of fused-ring (bicyclic) bond motifs is 2. The van der Waals surface area contributed by atoms with E-state index in [-0.39, 0.29) is 17.4 Å². The molecule has 0 bridgehead atoms. The maximum absolute atomic E-state index is 10.1. The summed E-state index contributed by atoms with van der Waals surface area (Å²) in [7, 11) is 0. The number of hydrogen-bond acceptors (Lipinski definition) is 3. The highest BCUT2D eigenvalue weighted by Crippen LogP contribution is 2.54. The summed E-state index contributed by atoms with van der Waals surface area (Å²) in [4.78, 5) is 0. The molecule has 0 amide bonds. The molecule has 120 valence electrons. The van der Waals surface area contributed by atoms with Crippen molar-refractivity contribution in [1.29, 1.82) is 0 Å².